The van der Waals surface area contributed by atoms with Gasteiger partial charge in [-0.2, -0.15) is 0 Å². The summed E-state index contributed by atoms with van der Waals surface area (Å²) >= 11 is 18.5. The Labute approximate surface area is 175 Å². The van der Waals surface area contributed by atoms with E-state index in [4.69, 9.17) is 44.9 Å². The second-order valence-electron chi connectivity index (χ2n) is 5.97. The van der Waals surface area contributed by atoms with E-state index in [0.717, 1.165) is 5.70 Å². The average Bonchev–Trinajstić information content (AvgIpc) is 2.60. The van der Waals surface area contributed by atoms with Crippen LogP contribution < -0.4 is 14.8 Å². The molecule has 1 aliphatic rings. The Hall–Kier alpha value is -1.50. The topological polar surface area (TPSA) is 50.8 Å². The van der Waals surface area contributed by atoms with Crippen molar-refractivity contribution in [3.05, 3.63) is 32.9 Å². The molecule has 0 bridgehead atoms. The lowest BCUT2D eigenvalue weighted by Crippen LogP contribution is -2.47. The molecular weight excluding hydrogens is 407 g/mol. The van der Waals surface area contributed by atoms with E-state index in [0.29, 0.717) is 52.5 Å². The van der Waals surface area contributed by atoms with Crippen LogP contribution in [0.25, 0.3) is 0 Å². The van der Waals surface area contributed by atoms with Gasteiger partial charge >= 0.3 is 0 Å². The number of ether oxygens (including phenoxy) is 2. The van der Waals surface area contributed by atoms with Crippen molar-refractivity contribution in [1.29, 1.82) is 0 Å². The van der Waals surface area contributed by atoms with Gasteiger partial charge in [0.25, 0.3) is 0 Å². The molecule has 8 heteroatoms. The van der Waals surface area contributed by atoms with Crippen molar-refractivity contribution in [3.8, 4) is 11.5 Å². The zero-order chi connectivity index (χ0) is 20.3. The first-order chi connectivity index (χ1) is 12.8. The summed E-state index contributed by atoms with van der Waals surface area (Å²) in [4.78, 5) is 14.4. The minimum Gasteiger partial charge on any atom is -0.492 e. The van der Waals surface area contributed by atoms with E-state index in [1.807, 2.05) is 32.6 Å². The molecule has 1 aromatic rings. The highest BCUT2D eigenvalue weighted by atomic mass is 35.5. The first-order valence-electron chi connectivity index (χ1n) is 8.85. The number of benzene rings is 1. The Morgan fingerprint density at radius 1 is 1.22 bits per heavy atom. The smallest absolute Gasteiger partial charge is 0.173 e. The number of ketones is 1. The number of carbonyl (C=O) groups excluding carboxylic acids is 1. The lowest BCUT2D eigenvalue weighted by Gasteiger charge is -2.37. The van der Waals surface area contributed by atoms with Gasteiger partial charge in [-0.15, -0.1) is 0 Å². The van der Waals surface area contributed by atoms with E-state index in [2.05, 4.69) is 5.32 Å². The van der Waals surface area contributed by atoms with E-state index in [1.165, 1.54) is 6.92 Å². The Balaban J connectivity index is 2.73. The molecule has 0 spiro atoms. The van der Waals surface area contributed by atoms with Crippen molar-refractivity contribution in [1.82, 2.24) is 10.2 Å². The lowest BCUT2D eigenvalue weighted by molar-refractivity contribution is -0.114. The molecule has 0 fully saturated rings. The third kappa shape index (κ3) is 4.18. The second-order valence-corrected chi connectivity index (χ2v) is 7.14. The number of halogens is 2. The third-order valence-electron chi connectivity index (χ3n) is 4.34. The SMILES string of the molecule is CCOc1c(Cl)cc(C2NC(=S)N(CC)C(C)=C2C(C)=O)c(OCC)c1Cl. The Bertz CT molecular complexity index is 796. The average molecular weight is 431 g/mol. The molecule has 2 rings (SSSR count). The number of nitrogens with one attached hydrogen (secondary N) is 1. The summed E-state index contributed by atoms with van der Waals surface area (Å²) in [5, 5.41) is 4.41. The van der Waals surface area contributed by atoms with Crippen LogP contribution in [0.4, 0.5) is 0 Å². The number of Topliss-reactive ketones (excluding diaryl/α,β-unsaturated/α-hetero) is 1. The number of rotatable bonds is 7. The largest absolute Gasteiger partial charge is 0.492 e. The maximum atomic E-state index is 12.5. The number of hydrogen-bond donors (Lipinski definition) is 1. The van der Waals surface area contributed by atoms with Gasteiger partial charge in [0.05, 0.1) is 24.3 Å². The maximum absolute atomic E-state index is 12.5. The van der Waals surface area contributed by atoms with Crippen molar-refractivity contribution in [2.45, 2.75) is 40.7 Å². The molecule has 0 saturated carbocycles. The number of nitrogens with zero attached hydrogens (tertiary/aromatic N) is 1. The summed E-state index contributed by atoms with van der Waals surface area (Å²) in [7, 11) is 0. The summed E-state index contributed by atoms with van der Waals surface area (Å²) < 4.78 is 11.4. The Morgan fingerprint density at radius 2 is 1.81 bits per heavy atom. The van der Waals surface area contributed by atoms with Gasteiger partial charge in [-0.25, -0.2) is 0 Å². The normalized spacial score (nSPS) is 17.1. The van der Waals surface area contributed by atoms with Crippen molar-refractivity contribution in [3.63, 3.8) is 0 Å². The highest BCUT2D eigenvalue weighted by Crippen LogP contribution is 2.47. The number of thiocarbonyl (C=S) groups is 1. The van der Waals surface area contributed by atoms with Crippen LogP contribution in [0.5, 0.6) is 11.5 Å². The van der Waals surface area contributed by atoms with Crippen molar-refractivity contribution < 1.29 is 14.3 Å². The molecule has 1 aromatic carbocycles. The minimum absolute atomic E-state index is 0.0606. The first-order valence-corrected chi connectivity index (χ1v) is 10.0. The zero-order valence-electron chi connectivity index (χ0n) is 16.1. The summed E-state index contributed by atoms with van der Waals surface area (Å²) in [6, 6.07) is 1.21. The summed E-state index contributed by atoms with van der Waals surface area (Å²) in [5.74, 6) is 0.741. The molecule has 5 nitrogen and oxygen atoms in total. The van der Waals surface area contributed by atoms with Gasteiger partial charge in [-0.05, 0) is 52.9 Å². The van der Waals surface area contributed by atoms with Gasteiger partial charge in [0.1, 0.15) is 10.8 Å². The third-order valence-corrected chi connectivity index (χ3v) is 5.30. The van der Waals surface area contributed by atoms with Crippen LogP contribution in [-0.4, -0.2) is 35.6 Å². The molecule has 1 atom stereocenters. The van der Waals surface area contributed by atoms with Crippen molar-refractivity contribution in [2.24, 2.45) is 0 Å². The van der Waals surface area contributed by atoms with Gasteiger partial charge < -0.3 is 19.7 Å². The van der Waals surface area contributed by atoms with E-state index in [-0.39, 0.29) is 10.8 Å². The van der Waals surface area contributed by atoms with Crippen molar-refractivity contribution >= 4 is 46.3 Å². The van der Waals surface area contributed by atoms with E-state index < -0.39 is 6.04 Å². The summed E-state index contributed by atoms with van der Waals surface area (Å²) in [6.45, 7) is 10.6. The van der Waals surface area contributed by atoms with E-state index in [1.54, 1.807) is 6.07 Å². The number of carbonyl (C=O) groups is 1. The Kier molecular flexibility index (Phi) is 7.37. The fraction of sp³-hybridized carbons (Fsp3) is 0.474. The summed E-state index contributed by atoms with van der Waals surface area (Å²) in [5.41, 5.74) is 2.06. The molecule has 1 aliphatic heterocycles. The predicted octanol–water partition coefficient (Wildman–Crippen LogP) is 4.90. The van der Waals surface area contributed by atoms with Crippen LogP contribution >= 0.6 is 35.4 Å². The Morgan fingerprint density at radius 3 is 2.33 bits per heavy atom. The molecule has 0 aromatic heterocycles. The van der Waals surface area contributed by atoms with Crippen molar-refractivity contribution in [2.75, 3.05) is 19.8 Å². The molecule has 1 unspecified atom stereocenters. The molecule has 0 saturated heterocycles. The number of hydrogen-bond acceptors (Lipinski definition) is 4. The maximum Gasteiger partial charge on any atom is 0.173 e. The predicted molar refractivity (Wildman–Crippen MR) is 113 cm³/mol. The standard InChI is InChI=1S/C19H24Cl2N2O3S/c1-6-23-10(4)14(11(5)24)16(22-19(23)27)12-9-13(20)18(26-8-3)15(21)17(12)25-7-2/h9,16H,6-8H2,1-5H3,(H,22,27). The molecule has 0 amide bonds. The molecular formula is C19H24Cl2N2O3S. The van der Waals surface area contributed by atoms with E-state index >= 15 is 0 Å². The molecule has 1 N–H and O–H groups in total. The lowest BCUT2D eigenvalue weighted by atomic mass is 9.91. The molecule has 27 heavy (non-hydrogen) atoms. The van der Waals surface area contributed by atoms with Gasteiger partial charge in [0.2, 0.25) is 0 Å². The van der Waals surface area contributed by atoms with E-state index in [9.17, 15) is 4.79 Å². The molecule has 148 valence electrons. The van der Waals surface area contributed by atoms with Gasteiger partial charge in [-0.1, -0.05) is 23.2 Å². The van der Waals surface area contributed by atoms with Gasteiger partial charge in [0.15, 0.2) is 16.6 Å². The van der Waals surface area contributed by atoms with Crippen LogP contribution in [0.15, 0.2) is 17.3 Å². The van der Waals surface area contributed by atoms with Crippen LogP contribution in [0, 0.1) is 0 Å². The minimum atomic E-state index is -0.509. The van der Waals surface area contributed by atoms with Crippen LogP contribution in [0.1, 0.15) is 46.2 Å². The molecule has 0 aliphatic carbocycles. The van der Waals surface area contributed by atoms with Crippen LogP contribution in [0.3, 0.4) is 0 Å². The first kappa shape index (κ1) is 21.8. The highest BCUT2D eigenvalue weighted by molar-refractivity contribution is 7.80. The highest BCUT2D eigenvalue weighted by Gasteiger charge is 2.35. The van der Waals surface area contributed by atoms with Crippen LogP contribution in [-0.2, 0) is 4.79 Å². The summed E-state index contributed by atoms with van der Waals surface area (Å²) in [6.07, 6.45) is 0. The van der Waals surface area contributed by atoms with Crippen LogP contribution in [0.2, 0.25) is 10.0 Å². The monoisotopic (exact) mass is 430 g/mol. The second kappa shape index (κ2) is 9.13. The fourth-order valence-electron chi connectivity index (χ4n) is 3.24. The van der Waals surface area contributed by atoms with Gasteiger partial charge in [-0.3, -0.25) is 4.79 Å². The fourth-order valence-corrected chi connectivity index (χ4v) is 4.26. The quantitative estimate of drug-likeness (QED) is 0.620. The molecule has 1 heterocycles. The number of allylic oxidation sites excluding steroid dienone is 1. The molecule has 0 radical (unpaired) electrons. The zero-order valence-corrected chi connectivity index (χ0v) is 18.4. The van der Waals surface area contributed by atoms with Gasteiger partial charge in [0, 0.05) is 23.4 Å².